The van der Waals surface area contributed by atoms with Gasteiger partial charge in [0, 0.05) is 12.6 Å². The van der Waals surface area contributed by atoms with Gasteiger partial charge in [-0.2, -0.15) is 0 Å². The van der Waals surface area contributed by atoms with Crippen molar-refractivity contribution in [2.75, 3.05) is 13.2 Å². The molecule has 1 aliphatic rings. The lowest BCUT2D eigenvalue weighted by Gasteiger charge is -2.34. The molecule has 4 nitrogen and oxygen atoms in total. The Hall–Kier alpha value is -1.06. The molecule has 1 fully saturated rings. The number of carbonyl (C=O) groups is 2. The molecule has 1 atom stereocenters. The summed E-state index contributed by atoms with van der Waals surface area (Å²) in [6.07, 6.45) is 2.11. The van der Waals surface area contributed by atoms with E-state index in [0.29, 0.717) is 18.6 Å². The third-order valence-electron chi connectivity index (χ3n) is 3.47. The van der Waals surface area contributed by atoms with Crippen molar-refractivity contribution < 1.29 is 14.3 Å². The second kappa shape index (κ2) is 6.59. The highest BCUT2D eigenvalue weighted by Crippen LogP contribution is 2.34. The van der Waals surface area contributed by atoms with Crippen LogP contribution in [0, 0.1) is 17.3 Å². The van der Waals surface area contributed by atoms with E-state index in [1.165, 1.54) is 0 Å². The van der Waals surface area contributed by atoms with Gasteiger partial charge in [-0.15, -0.1) is 0 Å². The molecule has 1 unspecified atom stereocenters. The molecule has 0 bridgehead atoms. The smallest absolute Gasteiger partial charge is 0.319 e. The van der Waals surface area contributed by atoms with Crippen LogP contribution in [0.4, 0.5) is 0 Å². The second-order valence-corrected chi connectivity index (χ2v) is 7.17. The Morgan fingerprint density at radius 2 is 1.80 bits per heavy atom. The molecule has 20 heavy (non-hydrogen) atoms. The second-order valence-electron chi connectivity index (χ2n) is 7.17. The molecule has 0 N–H and O–H groups in total. The minimum absolute atomic E-state index is 0.0628. The van der Waals surface area contributed by atoms with Gasteiger partial charge in [-0.3, -0.25) is 9.59 Å². The van der Waals surface area contributed by atoms with Gasteiger partial charge < -0.3 is 9.64 Å². The monoisotopic (exact) mass is 283 g/mol. The third kappa shape index (κ3) is 4.50. The van der Waals surface area contributed by atoms with Crippen LogP contribution in [0.2, 0.25) is 0 Å². The molecule has 0 radical (unpaired) electrons. The fourth-order valence-corrected chi connectivity index (χ4v) is 2.41. The van der Waals surface area contributed by atoms with Crippen LogP contribution in [-0.4, -0.2) is 36.0 Å². The van der Waals surface area contributed by atoms with E-state index >= 15 is 0 Å². The number of rotatable bonds is 6. The number of ether oxygens (including phenoxy) is 1. The zero-order chi connectivity index (χ0) is 15.5. The van der Waals surface area contributed by atoms with Gasteiger partial charge in [0.1, 0.15) is 5.92 Å². The van der Waals surface area contributed by atoms with Crippen LogP contribution in [0.1, 0.15) is 54.4 Å². The van der Waals surface area contributed by atoms with Gasteiger partial charge in [0.05, 0.1) is 6.61 Å². The molecule has 1 saturated carbocycles. The van der Waals surface area contributed by atoms with Gasteiger partial charge in [0.15, 0.2) is 0 Å². The normalized spacial score (nSPS) is 16.9. The minimum atomic E-state index is -0.707. The Labute approximate surface area is 122 Å². The SMILES string of the molecule is CCOC(=O)C(C(=O)N(CC(C)C)C1CC1)C(C)(C)C. The largest absolute Gasteiger partial charge is 0.465 e. The molecule has 0 heterocycles. The molecule has 0 saturated heterocycles. The summed E-state index contributed by atoms with van der Waals surface area (Å²) < 4.78 is 5.12. The summed E-state index contributed by atoms with van der Waals surface area (Å²) >= 11 is 0. The number of nitrogens with zero attached hydrogens (tertiary/aromatic N) is 1. The standard InChI is InChI=1S/C16H29NO3/c1-7-20-15(19)13(16(4,5)6)14(18)17(10-11(2)3)12-8-9-12/h11-13H,7-10H2,1-6H3. The first-order valence-electron chi connectivity index (χ1n) is 7.65. The van der Waals surface area contributed by atoms with Crippen molar-refractivity contribution in [3.8, 4) is 0 Å². The Balaban J connectivity index is 2.93. The van der Waals surface area contributed by atoms with E-state index in [4.69, 9.17) is 4.74 Å². The number of carbonyl (C=O) groups excluding carboxylic acids is 2. The predicted molar refractivity (Wildman–Crippen MR) is 79.2 cm³/mol. The highest BCUT2D eigenvalue weighted by molar-refractivity contribution is 5.98. The van der Waals surface area contributed by atoms with Crippen LogP contribution in [0.5, 0.6) is 0 Å². The first-order chi connectivity index (χ1) is 9.18. The predicted octanol–water partition coefficient (Wildman–Crippen LogP) is 2.86. The summed E-state index contributed by atoms with van der Waals surface area (Å²) in [6, 6.07) is 0.323. The summed E-state index contributed by atoms with van der Waals surface area (Å²) in [5.41, 5.74) is -0.423. The van der Waals surface area contributed by atoms with Crippen molar-refractivity contribution in [2.24, 2.45) is 17.3 Å². The molecule has 1 aliphatic carbocycles. The van der Waals surface area contributed by atoms with Gasteiger partial charge in [-0.05, 0) is 31.1 Å². The van der Waals surface area contributed by atoms with Crippen LogP contribution in [0.15, 0.2) is 0 Å². The van der Waals surface area contributed by atoms with Crippen molar-refractivity contribution in [3.63, 3.8) is 0 Å². The van der Waals surface area contributed by atoms with Crippen LogP contribution in [-0.2, 0) is 14.3 Å². The van der Waals surface area contributed by atoms with E-state index in [0.717, 1.165) is 19.4 Å². The lowest BCUT2D eigenvalue weighted by atomic mass is 9.79. The number of esters is 1. The maximum atomic E-state index is 12.8. The van der Waals surface area contributed by atoms with Gasteiger partial charge >= 0.3 is 5.97 Å². The van der Waals surface area contributed by atoms with E-state index in [9.17, 15) is 9.59 Å². The van der Waals surface area contributed by atoms with Crippen LogP contribution < -0.4 is 0 Å². The first-order valence-corrected chi connectivity index (χ1v) is 7.65. The molecule has 0 aromatic carbocycles. The molecule has 0 spiro atoms. The number of hydrogen-bond acceptors (Lipinski definition) is 3. The van der Waals surface area contributed by atoms with Gasteiger partial charge in [0.25, 0.3) is 0 Å². The molecular weight excluding hydrogens is 254 g/mol. The molecule has 0 aromatic heterocycles. The average Bonchev–Trinajstić information content (AvgIpc) is 3.07. The van der Waals surface area contributed by atoms with Gasteiger partial charge in [0.2, 0.25) is 5.91 Å². The van der Waals surface area contributed by atoms with Crippen molar-refractivity contribution in [3.05, 3.63) is 0 Å². The Kier molecular flexibility index (Phi) is 5.60. The van der Waals surface area contributed by atoms with Crippen LogP contribution in [0.3, 0.4) is 0 Å². The molecule has 1 amide bonds. The quantitative estimate of drug-likeness (QED) is 0.556. The fourth-order valence-electron chi connectivity index (χ4n) is 2.41. The zero-order valence-electron chi connectivity index (χ0n) is 13.7. The molecular formula is C16H29NO3. The lowest BCUT2D eigenvalue weighted by molar-refractivity contribution is -0.161. The van der Waals surface area contributed by atoms with Crippen molar-refractivity contribution >= 4 is 11.9 Å². The van der Waals surface area contributed by atoms with Crippen molar-refractivity contribution in [1.29, 1.82) is 0 Å². The highest BCUT2D eigenvalue weighted by atomic mass is 16.5. The molecule has 1 rings (SSSR count). The van der Waals surface area contributed by atoms with Gasteiger partial charge in [-0.25, -0.2) is 0 Å². The van der Waals surface area contributed by atoms with E-state index < -0.39 is 11.3 Å². The maximum Gasteiger partial charge on any atom is 0.319 e. The average molecular weight is 283 g/mol. The summed E-state index contributed by atoms with van der Waals surface area (Å²) in [4.78, 5) is 26.9. The van der Waals surface area contributed by atoms with E-state index in [2.05, 4.69) is 13.8 Å². The first kappa shape index (κ1) is 17.0. The third-order valence-corrected chi connectivity index (χ3v) is 3.47. The zero-order valence-corrected chi connectivity index (χ0v) is 13.7. The number of hydrogen-bond donors (Lipinski definition) is 0. The topological polar surface area (TPSA) is 46.6 Å². The summed E-state index contributed by atoms with van der Waals surface area (Å²) in [6.45, 7) is 12.8. The Bertz CT molecular complexity index is 353. The molecule has 116 valence electrons. The van der Waals surface area contributed by atoms with E-state index in [1.807, 2.05) is 25.7 Å². The minimum Gasteiger partial charge on any atom is -0.465 e. The highest BCUT2D eigenvalue weighted by Gasteiger charge is 2.44. The molecule has 4 heteroatoms. The van der Waals surface area contributed by atoms with Crippen LogP contribution >= 0.6 is 0 Å². The lowest BCUT2D eigenvalue weighted by Crippen LogP contribution is -2.47. The van der Waals surface area contributed by atoms with Gasteiger partial charge in [-0.1, -0.05) is 34.6 Å². The van der Waals surface area contributed by atoms with E-state index in [-0.39, 0.29) is 11.9 Å². The maximum absolute atomic E-state index is 12.8. The Morgan fingerprint density at radius 3 is 2.15 bits per heavy atom. The molecule has 0 aliphatic heterocycles. The van der Waals surface area contributed by atoms with Crippen LogP contribution in [0.25, 0.3) is 0 Å². The summed E-state index contributed by atoms with van der Waals surface area (Å²) in [5, 5.41) is 0. The van der Waals surface area contributed by atoms with Crippen molar-refractivity contribution in [1.82, 2.24) is 4.90 Å². The summed E-state index contributed by atoms with van der Waals surface area (Å²) in [5.74, 6) is -0.754. The number of amides is 1. The molecule has 0 aromatic rings. The summed E-state index contributed by atoms with van der Waals surface area (Å²) in [7, 11) is 0. The van der Waals surface area contributed by atoms with Crippen molar-refractivity contribution in [2.45, 2.75) is 60.4 Å². The van der Waals surface area contributed by atoms with E-state index in [1.54, 1.807) is 6.92 Å². The Morgan fingerprint density at radius 1 is 1.25 bits per heavy atom. The fraction of sp³-hybridized carbons (Fsp3) is 0.875.